The van der Waals surface area contributed by atoms with Crippen LogP contribution in [0.5, 0.6) is 0 Å². The first-order valence-corrected chi connectivity index (χ1v) is 6.33. The normalized spacial score (nSPS) is 11.7. The number of ether oxygens (including phenoxy) is 1. The molecule has 0 saturated heterocycles. The van der Waals surface area contributed by atoms with Crippen LogP contribution in [0.15, 0.2) is 11.0 Å². The zero-order chi connectivity index (χ0) is 14.3. The third-order valence-electron chi connectivity index (χ3n) is 1.72. The highest BCUT2D eigenvalue weighted by Gasteiger charge is 2.20. The van der Waals surface area contributed by atoms with Gasteiger partial charge in [-0.2, -0.15) is 0 Å². The maximum Gasteiger partial charge on any atom is 0.410 e. The Labute approximate surface area is 113 Å². The van der Waals surface area contributed by atoms with Gasteiger partial charge >= 0.3 is 6.09 Å². The Hall–Kier alpha value is -1.41. The maximum atomic E-state index is 11.7. The van der Waals surface area contributed by atoms with Crippen molar-refractivity contribution in [2.24, 2.45) is 0 Å². The highest BCUT2D eigenvalue weighted by Crippen LogP contribution is 2.16. The number of carbonyl (C=O) groups is 1. The molecule has 0 atom stereocenters. The standard InChI is InChI=1S/C13H20N2O2S/c1-7-10(8-2)18-11(14)9-15(6)12(16)17-13(3,4)5/h1,8,14H,9H2,2-6H3/b10-8-,14-11?. The predicted molar refractivity (Wildman–Crippen MR) is 76.8 cm³/mol. The number of allylic oxidation sites excluding steroid dienone is 2. The Morgan fingerprint density at radius 3 is 2.50 bits per heavy atom. The maximum absolute atomic E-state index is 11.7. The smallest absolute Gasteiger partial charge is 0.410 e. The SMILES string of the molecule is C#C/C(=C/C)SC(=N)CN(C)C(=O)OC(C)(C)C. The van der Waals surface area contributed by atoms with Crippen molar-refractivity contribution >= 4 is 22.9 Å². The summed E-state index contributed by atoms with van der Waals surface area (Å²) in [5.74, 6) is 2.47. The number of nitrogens with one attached hydrogen (secondary N) is 1. The van der Waals surface area contributed by atoms with Crippen LogP contribution in [0.25, 0.3) is 0 Å². The molecule has 0 radical (unpaired) electrons. The molecule has 0 aliphatic rings. The Bertz CT molecular complexity index is 389. The zero-order valence-electron chi connectivity index (χ0n) is 11.5. The number of amides is 1. The van der Waals surface area contributed by atoms with Gasteiger partial charge < -0.3 is 9.64 Å². The molecule has 5 heteroatoms. The minimum Gasteiger partial charge on any atom is -0.444 e. The van der Waals surface area contributed by atoms with E-state index in [1.807, 2.05) is 6.92 Å². The van der Waals surface area contributed by atoms with Crippen LogP contribution in [0.3, 0.4) is 0 Å². The summed E-state index contributed by atoms with van der Waals surface area (Å²) in [6.45, 7) is 7.39. The molecule has 100 valence electrons. The van der Waals surface area contributed by atoms with Crippen LogP contribution in [-0.4, -0.2) is 35.2 Å². The first kappa shape index (κ1) is 16.6. The quantitative estimate of drug-likeness (QED) is 0.486. The van der Waals surface area contributed by atoms with Crippen molar-refractivity contribution in [2.75, 3.05) is 13.6 Å². The van der Waals surface area contributed by atoms with Crippen molar-refractivity contribution in [3.8, 4) is 12.3 Å². The number of terminal acetylenes is 1. The Morgan fingerprint density at radius 1 is 1.56 bits per heavy atom. The number of hydrogen-bond donors (Lipinski definition) is 1. The van der Waals surface area contributed by atoms with Crippen LogP contribution < -0.4 is 0 Å². The molecule has 18 heavy (non-hydrogen) atoms. The van der Waals surface area contributed by atoms with E-state index in [4.69, 9.17) is 16.6 Å². The second kappa shape index (κ2) is 7.12. The second-order valence-electron chi connectivity index (χ2n) is 4.66. The topological polar surface area (TPSA) is 53.4 Å². The molecule has 0 bridgehead atoms. The van der Waals surface area contributed by atoms with Gasteiger partial charge in [0.1, 0.15) is 5.60 Å². The molecule has 0 rings (SSSR count). The fraction of sp³-hybridized carbons (Fsp3) is 0.538. The molecule has 0 aromatic heterocycles. The van der Waals surface area contributed by atoms with Gasteiger partial charge in [0.15, 0.2) is 0 Å². The van der Waals surface area contributed by atoms with E-state index >= 15 is 0 Å². The van der Waals surface area contributed by atoms with Gasteiger partial charge in [0.2, 0.25) is 0 Å². The number of hydrogen-bond acceptors (Lipinski definition) is 4. The molecule has 4 nitrogen and oxygen atoms in total. The number of carbonyl (C=O) groups excluding carboxylic acids is 1. The minimum absolute atomic E-state index is 0.179. The Kier molecular flexibility index (Phi) is 6.56. The molecule has 0 aromatic carbocycles. The van der Waals surface area contributed by atoms with Crippen molar-refractivity contribution in [1.29, 1.82) is 5.41 Å². The molecular formula is C13H20N2O2S. The lowest BCUT2D eigenvalue weighted by Crippen LogP contribution is -2.36. The molecule has 0 saturated carbocycles. The van der Waals surface area contributed by atoms with E-state index in [9.17, 15) is 4.79 Å². The lowest BCUT2D eigenvalue weighted by atomic mass is 10.2. The molecular weight excluding hydrogens is 248 g/mol. The molecule has 0 aromatic rings. The largest absolute Gasteiger partial charge is 0.444 e. The van der Waals surface area contributed by atoms with Crippen LogP contribution >= 0.6 is 11.8 Å². The van der Waals surface area contributed by atoms with Crippen molar-refractivity contribution < 1.29 is 9.53 Å². The molecule has 1 N–H and O–H groups in total. The molecule has 0 fully saturated rings. The van der Waals surface area contributed by atoms with E-state index in [-0.39, 0.29) is 6.54 Å². The number of nitrogens with zero attached hydrogens (tertiary/aromatic N) is 1. The van der Waals surface area contributed by atoms with Crippen molar-refractivity contribution in [3.63, 3.8) is 0 Å². The van der Waals surface area contributed by atoms with E-state index in [0.717, 1.165) is 0 Å². The molecule has 0 unspecified atom stereocenters. The summed E-state index contributed by atoms with van der Waals surface area (Å²) in [4.78, 5) is 13.7. The third kappa shape index (κ3) is 7.02. The molecule has 1 amide bonds. The van der Waals surface area contributed by atoms with Gasteiger partial charge in [-0.1, -0.05) is 23.8 Å². The lowest BCUT2D eigenvalue weighted by molar-refractivity contribution is 0.0324. The monoisotopic (exact) mass is 268 g/mol. The second-order valence-corrected chi connectivity index (χ2v) is 5.80. The highest BCUT2D eigenvalue weighted by molar-refractivity contribution is 8.17. The summed E-state index contributed by atoms with van der Waals surface area (Å²) in [5, 5.41) is 8.06. The summed E-state index contributed by atoms with van der Waals surface area (Å²) in [6.07, 6.45) is 6.57. The van der Waals surface area contributed by atoms with E-state index in [2.05, 4.69) is 5.92 Å². The molecule has 0 heterocycles. The summed E-state index contributed by atoms with van der Waals surface area (Å²) in [6, 6.07) is 0. The highest BCUT2D eigenvalue weighted by atomic mass is 32.2. The van der Waals surface area contributed by atoms with Crippen LogP contribution in [0.1, 0.15) is 27.7 Å². The fourth-order valence-electron chi connectivity index (χ4n) is 0.957. The van der Waals surface area contributed by atoms with Gasteiger partial charge in [0.05, 0.1) is 16.5 Å². The van der Waals surface area contributed by atoms with Gasteiger partial charge in [-0.05, 0) is 27.7 Å². The third-order valence-corrected chi connectivity index (χ3v) is 2.67. The zero-order valence-corrected chi connectivity index (χ0v) is 12.4. The van der Waals surface area contributed by atoms with E-state index < -0.39 is 11.7 Å². The van der Waals surface area contributed by atoms with Crippen LogP contribution in [0, 0.1) is 17.8 Å². The van der Waals surface area contributed by atoms with Gasteiger partial charge in [-0.25, -0.2) is 4.79 Å². The first-order valence-electron chi connectivity index (χ1n) is 5.52. The van der Waals surface area contributed by atoms with E-state index in [1.54, 1.807) is 33.9 Å². The van der Waals surface area contributed by atoms with Crippen molar-refractivity contribution in [3.05, 3.63) is 11.0 Å². The van der Waals surface area contributed by atoms with Crippen LogP contribution in [0.4, 0.5) is 4.79 Å². The van der Waals surface area contributed by atoms with Gasteiger partial charge in [0.25, 0.3) is 0 Å². The summed E-state index contributed by atoms with van der Waals surface area (Å²) >= 11 is 1.17. The molecule has 0 aliphatic heterocycles. The van der Waals surface area contributed by atoms with E-state index in [1.165, 1.54) is 16.7 Å². The van der Waals surface area contributed by atoms with Gasteiger partial charge in [-0.15, -0.1) is 6.42 Å². The number of thioether (sulfide) groups is 1. The first-order chi connectivity index (χ1) is 8.19. The van der Waals surface area contributed by atoms with Crippen molar-refractivity contribution in [1.82, 2.24) is 4.90 Å². The molecule has 0 spiro atoms. The van der Waals surface area contributed by atoms with E-state index in [0.29, 0.717) is 9.95 Å². The average molecular weight is 268 g/mol. The summed E-state index contributed by atoms with van der Waals surface area (Å²) in [5.41, 5.74) is -0.534. The fourth-order valence-corrected chi connectivity index (χ4v) is 1.66. The number of rotatable bonds is 3. The Balaban J connectivity index is 4.33. The van der Waals surface area contributed by atoms with Crippen LogP contribution in [-0.2, 0) is 4.74 Å². The summed E-state index contributed by atoms with van der Waals surface area (Å²) < 4.78 is 5.18. The minimum atomic E-state index is -0.534. The predicted octanol–water partition coefficient (Wildman–Crippen LogP) is 3.10. The van der Waals surface area contributed by atoms with Gasteiger partial charge in [0, 0.05) is 7.05 Å². The van der Waals surface area contributed by atoms with Crippen LogP contribution in [0.2, 0.25) is 0 Å². The molecule has 0 aliphatic carbocycles. The van der Waals surface area contributed by atoms with Gasteiger partial charge in [-0.3, -0.25) is 5.41 Å². The Morgan fingerprint density at radius 2 is 2.11 bits per heavy atom. The average Bonchev–Trinajstić information content (AvgIpc) is 2.23. The lowest BCUT2D eigenvalue weighted by Gasteiger charge is -2.24. The van der Waals surface area contributed by atoms with Crippen molar-refractivity contribution in [2.45, 2.75) is 33.3 Å². The summed E-state index contributed by atoms with van der Waals surface area (Å²) in [7, 11) is 1.59.